The maximum absolute atomic E-state index is 13.0. The van der Waals surface area contributed by atoms with Crippen LogP contribution in [0.4, 0.5) is 0 Å². The first-order valence-electron chi connectivity index (χ1n) is 19.5. The Morgan fingerprint density at radius 3 is 1.39 bits per heavy atom. The summed E-state index contributed by atoms with van der Waals surface area (Å²) in [6.45, 7) is 7.10. The first-order valence-corrected chi connectivity index (χ1v) is 19.5. The normalized spacial score (nSPS) is 15.8. The van der Waals surface area contributed by atoms with Gasteiger partial charge in [0.25, 0.3) is 5.91 Å². The van der Waals surface area contributed by atoms with Crippen molar-refractivity contribution in [3.8, 4) is 12.1 Å². The van der Waals surface area contributed by atoms with E-state index in [1.165, 1.54) is 18.1 Å². The first kappa shape index (κ1) is 45.7. The lowest BCUT2D eigenvalue weighted by atomic mass is 9.77. The number of nitrogens with one attached hydrogen (secondary N) is 1. The fraction of sp³-hybridized carbons (Fsp3) is 0.362. The predicted octanol–water partition coefficient (Wildman–Crippen LogP) is 7.84. The van der Waals surface area contributed by atoms with Crippen molar-refractivity contribution in [2.75, 3.05) is 26.2 Å². The van der Waals surface area contributed by atoms with Crippen molar-refractivity contribution < 1.29 is 24.3 Å². The average Bonchev–Trinajstić information content (AvgIpc) is 3.10. The number of halogens is 1. The van der Waals surface area contributed by atoms with Crippen LogP contribution in [-0.4, -0.2) is 59.9 Å². The van der Waals surface area contributed by atoms with Gasteiger partial charge in [-0.05, 0) is 121 Å². The molecule has 2 saturated heterocycles. The fourth-order valence-corrected chi connectivity index (χ4v) is 7.67. The molecule has 308 valence electrons. The molecule has 2 saturated carbocycles. The number of carboxylic acid groups (broad SMARTS) is 1. The number of benzene rings is 4. The number of carbonyl (C=O) groups excluding carboxylic acids is 3. The van der Waals surface area contributed by atoms with Crippen LogP contribution in [0.2, 0.25) is 0 Å². The van der Waals surface area contributed by atoms with Crippen molar-refractivity contribution >= 4 is 36.1 Å². The van der Waals surface area contributed by atoms with Gasteiger partial charge >= 0.3 is 5.97 Å². The molecular weight excluding hydrogens is 764 g/mol. The Kier molecular flexibility index (Phi) is 15.6. The molecule has 2 aliphatic carbocycles. The number of nitrogens with zero attached hydrogens (tertiary/aromatic N) is 3. The summed E-state index contributed by atoms with van der Waals surface area (Å²) in [4.78, 5) is 49.2. The average molecular weight is 817 g/mol. The van der Waals surface area contributed by atoms with Gasteiger partial charge in [0.2, 0.25) is 11.8 Å². The van der Waals surface area contributed by atoms with Gasteiger partial charge in [0.05, 0.1) is 28.8 Å². The summed E-state index contributed by atoms with van der Waals surface area (Å²) >= 11 is 0. The van der Waals surface area contributed by atoms with E-state index in [9.17, 15) is 19.2 Å². The predicted molar refractivity (Wildman–Crippen MR) is 230 cm³/mol. The molecule has 0 spiro atoms. The summed E-state index contributed by atoms with van der Waals surface area (Å²) in [5, 5.41) is 29.7. The van der Waals surface area contributed by atoms with E-state index in [4.69, 9.17) is 27.1 Å². The molecule has 6 N–H and O–H groups in total. The van der Waals surface area contributed by atoms with Crippen molar-refractivity contribution in [1.82, 2.24) is 10.2 Å². The zero-order valence-corrected chi connectivity index (χ0v) is 33.6. The highest BCUT2D eigenvalue weighted by atomic mass is 35.5. The fourth-order valence-electron chi connectivity index (χ4n) is 7.67. The van der Waals surface area contributed by atoms with Gasteiger partial charge in [-0.1, -0.05) is 56.7 Å². The summed E-state index contributed by atoms with van der Waals surface area (Å²) in [6.07, 6.45) is 6.57. The number of carbonyl (C=O) groups is 4. The molecule has 0 bridgehead atoms. The summed E-state index contributed by atoms with van der Waals surface area (Å²) < 4.78 is 0. The number of aryl methyl sites for hydroxylation is 2. The number of amides is 3. The highest BCUT2D eigenvalue weighted by molar-refractivity contribution is 6.01. The van der Waals surface area contributed by atoms with Gasteiger partial charge in [0, 0.05) is 54.7 Å². The van der Waals surface area contributed by atoms with Crippen LogP contribution in [0.1, 0.15) is 156 Å². The lowest BCUT2D eigenvalue weighted by molar-refractivity contribution is 0.0600. The number of hydrogen-bond acceptors (Lipinski definition) is 7. The van der Waals surface area contributed by atoms with Crippen LogP contribution in [0, 0.1) is 36.5 Å². The lowest BCUT2D eigenvalue weighted by Gasteiger charge is -2.40. The quantitative estimate of drug-likeness (QED) is 0.138. The zero-order valence-electron chi connectivity index (χ0n) is 32.8. The second-order valence-electron chi connectivity index (χ2n) is 15.5. The minimum Gasteiger partial charge on any atom is -0.478 e. The minimum atomic E-state index is -1.02. The Balaban J connectivity index is 0.000000211. The van der Waals surface area contributed by atoms with Crippen LogP contribution >= 0.6 is 12.4 Å². The zero-order chi connectivity index (χ0) is 40.8. The Labute approximate surface area is 352 Å². The molecule has 11 nitrogen and oxygen atoms in total. The number of likely N-dealkylation sites (tertiary alicyclic amines) is 1. The topological polar surface area (TPSA) is 203 Å². The second-order valence-corrected chi connectivity index (χ2v) is 15.5. The standard InChI is InChI=1S/C23H23N3O2.C13H15NO3.C10H10N2.CH4.ClH/c1-14-9-20(17-3-2-4-17)21(22(25)27)10-19(14)23(28)26-12-18(13-26)16-7-5-15(11-24)6-8-16;1-7-5-10(8-3-2-4-8)11(12(14)15)6-9(7)13(16)17;11-5-8-1-3-9(4-2-8)10-6-12-7-10;;/h5-10,17-18H,2-4,12-13H2,1H3,(H2,25,27);5-6,8H,2-4H2,1H3,(H2,14,15)(H,16,17);1-4,10,12H,6-7H2;1H4;1H. The molecule has 0 unspecified atom stereocenters. The number of hydrogen-bond donors (Lipinski definition) is 4. The minimum absolute atomic E-state index is 0. The monoisotopic (exact) mass is 816 g/mol. The molecule has 59 heavy (non-hydrogen) atoms. The van der Waals surface area contributed by atoms with Crippen molar-refractivity contribution in [2.45, 2.75) is 83.5 Å². The van der Waals surface area contributed by atoms with Crippen LogP contribution in [0.3, 0.4) is 0 Å². The molecule has 2 heterocycles. The summed E-state index contributed by atoms with van der Waals surface area (Å²) in [5.41, 5.74) is 19.8. The third-order valence-corrected chi connectivity index (χ3v) is 11.8. The number of nitrogens with two attached hydrogens (primary N) is 2. The van der Waals surface area contributed by atoms with Gasteiger partial charge in [-0.3, -0.25) is 14.4 Å². The number of aromatic carboxylic acids is 1. The number of rotatable bonds is 8. The van der Waals surface area contributed by atoms with Crippen molar-refractivity contribution in [2.24, 2.45) is 11.5 Å². The molecule has 12 heteroatoms. The van der Waals surface area contributed by atoms with E-state index >= 15 is 0 Å². The molecular formula is C47H53ClN6O5. The van der Waals surface area contributed by atoms with Crippen LogP contribution in [0.25, 0.3) is 0 Å². The summed E-state index contributed by atoms with van der Waals surface area (Å²) in [5.74, 6) is -0.395. The summed E-state index contributed by atoms with van der Waals surface area (Å²) in [6, 6.07) is 26.5. The van der Waals surface area contributed by atoms with Gasteiger partial charge in [-0.2, -0.15) is 10.5 Å². The Bertz CT molecular complexity index is 2260. The van der Waals surface area contributed by atoms with E-state index in [-0.39, 0.29) is 37.2 Å². The molecule has 8 rings (SSSR count). The van der Waals surface area contributed by atoms with Gasteiger partial charge in [-0.25, -0.2) is 4.79 Å². The molecule has 4 aliphatic rings. The van der Waals surface area contributed by atoms with E-state index in [0.717, 1.165) is 73.0 Å². The maximum atomic E-state index is 13.0. The van der Waals surface area contributed by atoms with Crippen LogP contribution in [0.15, 0.2) is 72.8 Å². The highest BCUT2D eigenvalue weighted by Crippen LogP contribution is 2.40. The van der Waals surface area contributed by atoms with Gasteiger partial charge in [-0.15, -0.1) is 12.4 Å². The Morgan fingerprint density at radius 2 is 1.05 bits per heavy atom. The molecule has 0 atom stereocenters. The molecule has 0 aromatic heterocycles. The highest BCUT2D eigenvalue weighted by Gasteiger charge is 2.34. The van der Waals surface area contributed by atoms with Gasteiger partial charge in [0.15, 0.2) is 0 Å². The van der Waals surface area contributed by atoms with Crippen LogP contribution < -0.4 is 16.8 Å². The van der Waals surface area contributed by atoms with Gasteiger partial charge < -0.3 is 26.8 Å². The third-order valence-electron chi connectivity index (χ3n) is 11.8. The second kappa shape index (κ2) is 20.1. The van der Waals surface area contributed by atoms with E-state index in [1.807, 2.05) is 61.5 Å². The van der Waals surface area contributed by atoms with E-state index in [1.54, 1.807) is 24.0 Å². The van der Waals surface area contributed by atoms with E-state index in [2.05, 4.69) is 17.5 Å². The van der Waals surface area contributed by atoms with Crippen LogP contribution in [-0.2, 0) is 0 Å². The molecule has 4 fully saturated rings. The first-order chi connectivity index (χ1) is 27.4. The van der Waals surface area contributed by atoms with Crippen molar-refractivity contribution in [3.63, 3.8) is 0 Å². The molecule has 4 aromatic rings. The number of primary amides is 2. The molecule has 0 radical (unpaired) electrons. The maximum Gasteiger partial charge on any atom is 0.335 e. The number of carboxylic acids is 1. The third kappa shape index (κ3) is 10.4. The molecule has 3 amide bonds. The largest absolute Gasteiger partial charge is 0.478 e. The Morgan fingerprint density at radius 1 is 0.644 bits per heavy atom. The van der Waals surface area contributed by atoms with Crippen molar-refractivity contribution in [1.29, 1.82) is 10.5 Å². The lowest BCUT2D eigenvalue weighted by Crippen LogP contribution is -2.48. The Hall–Kier alpha value is -6.01. The van der Waals surface area contributed by atoms with Crippen LogP contribution in [0.5, 0.6) is 0 Å². The molecule has 4 aromatic carbocycles. The van der Waals surface area contributed by atoms with Gasteiger partial charge in [0.1, 0.15) is 0 Å². The number of nitriles is 2. The SMILES string of the molecule is C.Cc1cc(C2CCC2)c(C(N)=O)cc1C(=O)N1CC(c2ccc(C#N)cc2)C1.Cc1cc(C2CCC2)c(C(N)=O)cc1C(=O)O.Cl.N#Cc1ccc(C2CNC2)cc1. The summed E-state index contributed by atoms with van der Waals surface area (Å²) in [7, 11) is 0. The smallest absolute Gasteiger partial charge is 0.335 e. The van der Waals surface area contributed by atoms with E-state index in [0.29, 0.717) is 58.7 Å². The van der Waals surface area contributed by atoms with Crippen molar-refractivity contribution in [3.05, 3.63) is 140 Å². The van der Waals surface area contributed by atoms with E-state index < -0.39 is 17.8 Å². The molecule has 2 aliphatic heterocycles.